The Hall–Kier alpha value is -1.61. The molecule has 0 saturated carbocycles. The molecule has 1 aromatic rings. The van der Waals surface area contributed by atoms with Crippen molar-refractivity contribution in [3.05, 3.63) is 0 Å². The van der Waals surface area contributed by atoms with Gasteiger partial charge in [-0.25, -0.2) is 4.68 Å². The van der Waals surface area contributed by atoms with Crippen molar-refractivity contribution in [3.8, 4) is 12.3 Å². The first-order valence-electron chi connectivity index (χ1n) is 8.79. The summed E-state index contributed by atoms with van der Waals surface area (Å²) in [4.78, 5) is 2.31. The molecule has 1 aromatic heterocycles. The number of piperidine rings is 1. The van der Waals surface area contributed by atoms with E-state index < -0.39 is 0 Å². The third-order valence-electron chi connectivity index (χ3n) is 5.51. The molecule has 0 amide bonds. The average Bonchev–Trinajstić information content (AvgIpc) is 3.04. The number of ether oxygens (including phenoxy) is 1. The van der Waals surface area contributed by atoms with E-state index in [1.807, 2.05) is 4.68 Å². The van der Waals surface area contributed by atoms with Gasteiger partial charge in [0.2, 0.25) is 5.95 Å². The van der Waals surface area contributed by atoms with Crippen molar-refractivity contribution < 1.29 is 4.74 Å². The number of tetrazole rings is 1. The molecule has 23 heavy (non-hydrogen) atoms. The van der Waals surface area contributed by atoms with E-state index in [9.17, 15) is 0 Å². The van der Waals surface area contributed by atoms with Crippen LogP contribution >= 0.6 is 0 Å². The first kappa shape index (κ1) is 16.3. The molecule has 0 radical (unpaired) electrons. The summed E-state index contributed by atoms with van der Waals surface area (Å²) in [6.45, 7) is 6.82. The number of nitrogens with zero attached hydrogens (tertiary/aromatic N) is 5. The lowest BCUT2D eigenvalue weighted by atomic mass is 9.78. The minimum Gasteiger partial charge on any atom is -0.381 e. The Morgan fingerprint density at radius 2 is 2.22 bits per heavy atom. The van der Waals surface area contributed by atoms with E-state index in [1.54, 1.807) is 0 Å². The fourth-order valence-corrected chi connectivity index (χ4v) is 3.85. The van der Waals surface area contributed by atoms with Crippen LogP contribution in [-0.4, -0.2) is 46.5 Å². The summed E-state index contributed by atoms with van der Waals surface area (Å²) in [6, 6.07) is 0. The van der Waals surface area contributed by atoms with Crippen LogP contribution in [0.5, 0.6) is 0 Å². The minimum atomic E-state index is 0.260. The lowest BCUT2D eigenvalue weighted by molar-refractivity contribution is 0.00160. The third-order valence-corrected chi connectivity index (χ3v) is 5.51. The molecule has 6 heteroatoms. The van der Waals surface area contributed by atoms with Crippen LogP contribution in [0.25, 0.3) is 0 Å². The Labute approximate surface area is 138 Å². The fraction of sp³-hybridized carbons (Fsp3) is 0.824. The molecule has 2 saturated heterocycles. The molecule has 0 aromatic carbocycles. The maximum absolute atomic E-state index is 5.54. The topological polar surface area (TPSA) is 56.1 Å². The van der Waals surface area contributed by atoms with Gasteiger partial charge in [0.05, 0.1) is 6.54 Å². The highest BCUT2D eigenvalue weighted by Crippen LogP contribution is 2.36. The van der Waals surface area contributed by atoms with Crippen LogP contribution in [-0.2, 0) is 11.3 Å². The molecule has 0 N–H and O–H groups in total. The van der Waals surface area contributed by atoms with Gasteiger partial charge in [0.25, 0.3) is 0 Å². The summed E-state index contributed by atoms with van der Waals surface area (Å²) in [7, 11) is 0. The largest absolute Gasteiger partial charge is 0.381 e. The van der Waals surface area contributed by atoms with E-state index in [0.717, 1.165) is 70.9 Å². The molecule has 6 nitrogen and oxygen atoms in total. The number of hydrogen-bond acceptors (Lipinski definition) is 5. The molecule has 0 spiro atoms. The van der Waals surface area contributed by atoms with Crippen molar-refractivity contribution in [1.82, 2.24) is 20.2 Å². The van der Waals surface area contributed by atoms with Crippen molar-refractivity contribution in [2.24, 2.45) is 11.3 Å². The van der Waals surface area contributed by atoms with Crippen molar-refractivity contribution in [1.29, 1.82) is 0 Å². The highest BCUT2D eigenvalue weighted by atomic mass is 16.5. The van der Waals surface area contributed by atoms with Gasteiger partial charge in [-0.15, -0.1) is 12.3 Å². The molecular weight excluding hydrogens is 290 g/mol. The zero-order chi connectivity index (χ0) is 16.1. The van der Waals surface area contributed by atoms with Crippen LogP contribution in [0, 0.1) is 23.7 Å². The van der Waals surface area contributed by atoms with Crippen molar-refractivity contribution in [3.63, 3.8) is 0 Å². The average molecular weight is 317 g/mol. The van der Waals surface area contributed by atoms with Crippen LogP contribution < -0.4 is 4.90 Å². The van der Waals surface area contributed by atoms with Gasteiger partial charge in [-0.05, 0) is 53.9 Å². The van der Waals surface area contributed by atoms with Gasteiger partial charge in [0.1, 0.15) is 0 Å². The normalized spacial score (nSPS) is 24.3. The zero-order valence-electron chi connectivity index (χ0n) is 14.1. The van der Waals surface area contributed by atoms with E-state index in [0.29, 0.717) is 5.92 Å². The summed E-state index contributed by atoms with van der Waals surface area (Å²) in [6.07, 6.45) is 12.0. The van der Waals surface area contributed by atoms with Crippen molar-refractivity contribution >= 4 is 5.95 Å². The fourth-order valence-electron chi connectivity index (χ4n) is 3.85. The van der Waals surface area contributed by atoms with Crippen LogP contribution in [0.4, 0.5) is 5.95 Å². The van der Waals surface area contributed by atoms with E-state index in [2.05, 4.69) is 33.3 Å². The molecule has 0 aliphatic carbocycles. The summed E-state index contributed by atoms with van der Waals surface area (Å²) in [5, 5.41) is 12.5. The molecule has 1 unspecified atom stereocenters. The van der Waals surface area contributed by atoms with Crippen molar-refractivity contribution in [2.45, 2.75) is 52.0 Å². The van der Waals surface area contributed by atoms with E-state index >= 15 is 0 Å². The second-order valence-corrected chi connectivity index (χ2v) is 6.96. The molecular formula is C17H27N5O. The highest BCUT2D eigenvalue weighted by molar-refractivity contribution is 5.29. The Bertz CT molecular complexity index is 543. The summed E-state index contributed by atoms with van der Waals surface area (Å²) < 4.78 is 7.55. The van der Waals surface area contributed by atoms with Crippen LogP contribution in [0.3, 0.4) is 0 Å². The van der Waals surface area contributed by atoms with Gasteiger partial charge in [-0.3, -0.25) is 0 Å². The lowest BCUT2D eigenvalue weighted by Gasteiger charge is -2.37. The summed E-state index contributed by atoms with van der Waals surface area (Å²) in [5.74, 6) is 4.27. The molecule has 2 aliphatic heterocycles. The van der Waals surface area contributed by atoms with Crippen LogP contribution in [0.15, 0.2) is 0 Å². The highest BCUT2D eigenvalue weighted by Gasteiger charge is 2.33. The van der Waals surface area contributed by atoms with Gasteiger partial charge >= 0.3 is 0 Å². The molecule has 3 heterocycles. The maximum Gasteiger partial charge on any atom is 0.245 e. The van der Waals surface area contributed by atoms with Gasteiger partial charge in [0, 0.05) is 32.7 Å². The van der Waals surface area contributed by atoms with E-state index in [4.69, 9.17) is 11.2 Å². The van der Waals surface area contributed by atoms with Crippen molar-refractivity contribution in [2.75, 3.05) is 31.2 Å². The molecule has 2 fully saturated rings. The van der Waals surface area contributed by atoms with E-state index in [1.165, 1.54) is 6.42 Å². The quantitative estimate of drug-likeness (QED) is 0.779. The Kier molecular flexibility index (Phi) is 5.16. The SMILES string of the molecule is C#CCC1CCCN(c2nnnn2CC2(CC)CCOCC2)C1. The lowest BCUT2D eigenvalue weighted by Crippen LogP contribution is -2.39. The van der Waals surface area contributed by atoms with Gasteiger partial charge in [-0.2, -0.15) is 0 Å². The Morgan fingerprint density at radius 3 is 2.96 bits per heavy atom. The number of anilines is 1. The molecule has 2 aliphatic rings. The Morgan fingerprint density at radius 1 is 1.39 bits per heavy atom. The molecule has 0 bridgehead atoms. The second-order valence-electron chi connectivity index (χ2n) is 6.96. The van der Waals surface area contributed by atoms with Crippen LogP contribution in [0.2, 0.25) is 0 Å². The summed E-state index contributed by atoms with van der Waals surface area (Å²) >= 11 is 0. The smallest absolute Gasteiger partial charge is 0.245 e. The predicted molar refractivity (Wildman–Crippen MR) is 89.0 cm³/mol. The first-order valence-corrected chi connectivity index (χ1v) is 8.79. The van der Waals surface area contributed by atoms with Gasteiger partial charge < -0.3 is 9.64 Å². The van der Waals surface area contributed by atoms with E-state index in [-0.39, 0.29) is 5.41 Å². The molecule has 1 atom stereocenters. The zero-order valence-corrected chi connectivity index (χ0v) is 14.1. The second kappa shape index (κ2) is 7.31. The number of terminal acetylenes is 1. The number of aromatic nitrogens is 4. The maximum atomic E-state index is 5.54. The standard InChI is InChI=1S/C17H27N5O/c1-3-6-15-7-5-10-21(13-15)16-18-19-20-22(16)14-17(4-2)8-11-23-12-9-17/h1,15H,4-14H2,2H3. The molecule has 126 valence electrons. The number of hydrogen-bond donors (Lipinski definition) is 0. The van der Waals surface area contributed by atoms with Crippen LogP contribution in [0.1, 0.15) is 45.4 Å². The van der Waals surface area contributed by atoms with Gasteiger partial charge in [-0.1, -0.05) is 12.0 Å². The summed E-state index contributed by atoms with van der Waals surface area (Å²) in [5.41, 5.74) is 0.260. The predicted octanol–water partition coefficient (Wildman–Crippen LogP) is 2.12. The Balaban J connectivity index is 1.73. The monoisotopic (exact) mass is 317 g/mol. The van der Waals surface area contributed by atoms with Gasteiger partial charge in [0.15, 0.2) is 0 Å². The third kappa shape index (κ3) is 3.66. The first-order chi connectivity index (χ1) is 11.3. The number of rotatable bonds is 5. The minimum absolute atomic E-state index is 0.260. The molecule has 3 rings (SSSR count).